The summed E-state index contributed by atoms with van der Waals surface area (Å²) in [5.74, 6) is 1.78. The lowest BCUT2D eigenvalue weighted by molar-refractivity contribution is 0.313. The second-order valence-electron chi connectivity index (χ2n) is 4.83. The Bertz CT molecular complexity index is 293. The maximum atomic E-state index is 2.59. The molecule has 82 valence electrons. The van der Waals surface area contributed by atoms with Crippen LogP contribution in [0.3, 0.4) is 0 Å². The van der Waals surface area contributed by atoms with Crippen LogP contribution in [0.1, 0.15) is 25.8 Å². The van der Waals surface area contributed by atoms with Crippen LogP contribution < -0.4 is 0 Å². The van der Waals surface area contributed by atoms with Crippen LogP contribution in [0.15, 0.2) is 30.3 Å². The minimum Gasteiger partial charge on any atom is -0.299 e. The standard InChI is InChI=1S/C14H21N/c1-3-14-11-15(9-12(14)2)10-13-7-5-4-6-8-13/h4-8,12,14H,3,9-11H2,1-2H3/t12-,14+/m1/s1. The molecule has 2 atom stereocenters. The third-order valence-corrected chi connectivity index (χ3v) is 3.62. The lowest BCUT2D eigenvalue weighted by Gasteiger charge is -2.15. The molecule has 1 fully saturated rings. The first kappa shape index (κ1) is 10.7. The molecule has 0 amide bonds. The van der Waals surface area contributed by atoms with E-state index in [1.807, 2.05) is 0 Å². The van der Waals surface area contributed by atoms with Crippen molar-refractivity contribution in [2.75, 3.05) is 13.1 Å². The Hall–Kier alpha value is -0.820. The van der Waals surface area contributed by atoms with Crippen molar-refractivity contribution in [2.24, 2.45) is 11.8 Å². The fraction of sp³-hybridized carbons (Fsp3) is 0.571. The second-order valence-corrected chi connectivity index (χ2v) is 4.83. The molecule has 1 aliphatic heterocycles. The number of hydrogen-bond acceptors (Lipinski definition) is 1. The highest BCUT2D eigenvalue weighted by molar-refractivity contribution is 5.14. The molecular weight excluding hydrogens is 182 g/mol. The average molecular weight is 203 g/mol. The molecule has 0 aromatic heterocycles. The molecule has 15 heavy (non-hydrogen) atoms. The van der Waals surface area contributed by atoms with Crippen LogP contribution in [-0.2, 0) is 6.54 Å². The van der Waals surface area contributed by atoms with Gasteiger partial charge in [-0.1, -0.05) is 50.6 Å². The number of benzene rings is 1. The fourth-order valence-corrected chi connectivity index (χ4v) is 2.64. The smallest absolute Gasteiger partial charge is 0.0233 e. The van der Waals surface area contributed by atoms with E-state index in [-0.39, 0.29) is 0 Å². The zero-order valence-electron chi connectivity index (χ0n) is 9.82. The highest BCUT2D eigenvalue weighted by Crippen LogP contribution is 2.26. The molecular formula is C14H21N. The van der Waals surface area contributed by atoms with Gasteiger partial charge in [-0.3, -0.25) is 4.90 Å². The molecule has 0 saturated carbocycles. The van der Waals surface area contributed by atoms with E-state index in [2.05, 4.69) is 49.1 Å². The molecule has 0 N–H and O–H groups in total. The average Bonchev–Trinajstić information content (AvgIpc) is 2.60. The summed E-state index contributed by atoms with van der Waals surface area (Å²) in [5, 5.41) is 0. The molecule has 1 aromatic carbocycles. The summed E-state index contributed by atoms with van der Waals surface area (Å²) in [6.45, 7) is 8.38. The summed E-state index contributed by atoms with van der Waals surface area (Å²) < 4.78 is 0. The van der Waals surface area contributed by atoms with Gasteiger partial charge >= 0.3 is 0 Å². The molecule has 1 aliphatic rings. The van der Waals surface area contributed by atoms with Crippen LogP contribution >= 0.6 is 0 Å². The third-order valence-electron chi connectivity index (χ3n) is 3.62. The van der Waals surface area contributed by atoms with E-state index in [4.69, 9.17) is 0 Å². The monoisotopic (exact) mass is 203 g/mol. The Morgan fingerprint density at radius 3 is 2.53 bits per heavy atom. The molecule has 0 radical (unpaired) electrons. The van der Waals surface area contributed by atoms with E-state index in [0.29, 0.717) is 0 Å². The normalized spacial score (nSPS) is 27.1. The summed E-state index contributed by atoms with van der Waals surface area (Å²) in [7, 11) is 0. The lowest BCUT2D eigenvalue weighted by Crippen LogP contribution is -2.20. The minimum atomic E-state index is 0.874. The van der Waals surface area contributed by atoms with Crippen molar-refractivity contribution in [3.05, 3.63) is 35.9 Å². The summed E-state index contributed by atoms with van der Waals surface area (Å²) in [6, 6.07) is 10.8. The van der Waals surface area contributed by atoms with Gasteiger partial charge in [-0.15, -0.1) is 0 Å². The zero-order valence-corrected chi connectivity index (χ0v) is 9.82. The van der Waals surface area contributed by atoms with Crippen molar-refractivity contribution in [3.8, 4) is 0 Å². The number of rotatable bonds is 3. The minimum absolute atomic E-state index is 0.874. The quantitative estimate of drug-likeness (QED) is 0.729. The van der Waals surface area contributed by atoms with E-state index >= 15 is 0 Å². The Labute approximate surface area is 93.1 Å². The van der Waals surface area contributed by atoms with E-state index in [1.165, 1.54) is 25.1 Å². The Kier molecular flexibility index (Phi) is 3.42. The van der Waals surface area contributed by atoms with Gasteiger partial charge in [0.25, 0.3) is 0 Å². The van der Waals surface area contributed by atoms with Crippen LogP contribution in [0.5, 0.6) is 0 Å². The van der Waals surface area contributed by atoms with Crippen molar-refractivity contribution in [2.45, 2.75) is 26.8 Å². The van der Waals surface area contributed by atoms with Crippen LogP contribution in [0.2, 0.25) is 0 Å². The molecule has 1 heteroatoms. The Balaban J connectivity index is 1.92. The molecule has 0 unspecified atom stereocenters. The second kappa shape index (κ2) is 4.80. The maximum absolute atomic E-state index is 2.59. The molecule has 1 nitrogen and oxygen atoms in total. The number of likely N-dealkylation sites (tertiary alicyclic amines) is 1. The largest absolute Gasteiger partial charge is 0.299 e. The highest BCUT2D eigenvalue weighted by atomic mass is 15.1. The van der Waals surface area contributed by atoms with Crippen LogP contribution in [0.4, 0.5) is 0 Å². The van der Waals surface area contributed by atoms with E-state index in [0.717, 1.165) is 18.4 Å². The SMILES string of the molecule is CC[C@H]1CN(Cc2ccccc2)C[C@H]1C. The molecule has 1 heterocycles. The van der Waals surface area contributed by atoms with Crippen molar-refractivity contribution in [1.82, 2.24) is 4.90 Å². The Morgan fingerprint density at radius 2 is 1.93 bits per heavy atom. The van der Waals surface area contributed by atoms with Gasteiger partial charge in [0.2, 0.25) is 0 Å². The van der Waals surface area contributed by atoms with Crippen LogP contribution in [0.25, 0.3) is 0 Å². The predicted molar refractivity (Wildman–Crippen MR) is 64.7 cm³/mol. The first-order chi connectivity index (χ1) is 7.29. The Morgan fingerprint density at radius 1 is 1.20 bits per heavy atom. The van der Waals surface area contributed by atoms with Crippen molar-refractivity contribution >= 4 is 0 Å². The summed E-state index contributed by atoms with van der Waals surface area (Å²) >= 11 is 0. The number of nitrogens with zero attached hydrogens (tertiary/aromatic N) is 1. The molecule has 0 aliphatic carbocycles. The summed E-state index contributed by atoms with van der Waals surface area (Å²) in [5.41, 5.74) is 1.45. The number of hydrogen-bond donors (Lipinski definition) is 0. The molecule has 1 saturated heterocycles. The van der Waals surface area contributed by atoms with Crippen molar-refractivity contribution in [3.63, 3.8) is 0 Å². The van der Waals surface area contributed by atoms with E-state index in [1.54, 1.807) is 0 Å². The third kappa shape index (κ3) is 2.60. The summed E-state index contributed by atoms with van der Waals surface area (Å²) in [4.78, 5) is 2.59. The molecule has 2 rings (SSSR count). The van der Waals surface area contributed by atoms with Gasteiger partial charge in [0.15, 0.2) is 0 Å². The van der Waals surface area contributed by atoms with Gasteiger partial charge in [-0.25, -0.2) is 0 Å². The molecule has 0 bridgehead atoms. The van der Waals surface area contributed by atoms with E-state index in [9.17, 15) is 0 Å². The topological polar surface area (TPSA) is 3.24 Å². The fourth-order valence-electron chi connectivity index (χ4n) is 2.64. The van der Waals surface area contributed by atoms with Gasteiger partial charge in [0.1, 0.15) is 0 Å². The van der Waals surface area contributed by atoms with Gasteiger partial charge in [0.05, 0.1) is 0 Å². The predicted octanol–water partition coefficient (Wildman–Crippen LogP) is 3.16. The van der Waals surface area contributed by atoms with Crippen LogP contribution in [-0.4, -0.2) is 18.0 Å². The lowest BCUT2D eigenvalue weighted by atomic mass is 9.96. The van der Waals surface area contributed by atoms with E-state index < -0.39 is 0 Å². The maximum Gasteiger partial charge on any atom is 0.0233 e. The van der Waals surface area contributed by atoms with Gasteiger partial charge in [-0.2, -0.15) is 0 Å². The highest BCUT2D eigenvalue weighted by Gasteiger charge is 2.27. The van der Waals surface area contributed by atoms with Crippen molar-refractivity contribution < 1.29 is 0 Å². The zero-order chi connectivity index (χ0) is 10.7. The molecule has 1 aromatic rings. The van der Waals surface area contributed by atoms with Gasteiger partial charge in [0, 0.05) is 19.6 Å². The summed E-state index contributed by atoms with van der Waals surface area (Å²) in [6.07, 6.45) is 1.33. The first-order valence-corrected chi connectivity index (χ1v) is 6.06. The van der Waals surface area contributed by atoms with Crippen LogP contribution in [0, 0.1) is 11.8 Å². The van der Waals surface area contributed by atoms with Gasteiger partial charge in [-0.05, 0) is 17.4 Å². The van der Waals surface area contributed by atoms with Crippen molar-refractivity contribution in [1.29, 1.82) is 0 Å². The first-order valence-electron chi connectivity index (χ1n) is 6.06. The van der Waals surface area contributed by atoms with Gasteiger partial charge < -0.3 is 0 Å². The molecule has 0 spiro atoms.